The molecule has 2 fully saturated rings. The topological polar surface area (TPSA) is 75.7 Å². The van der Waals surface area contributed by atoms with Crippen LogP contribution in [-0.2, 0) is 26.0 Å². The molecule has 1 unspecified atom stereocenters. The molecule has 3 rings (SSSR count). The lowest BCUT2D eigenvalue weighted by atomic mass is 10.2. The van der Waals surface area contributed by atoms with Gasteiger partial charge in [-0.2, -0.15) is 4.31 Å². The van der Waals surface area contributed by atoms with Gasteiger partial charge in [0.1, 0.15) is 4.21 Å². The predicted octanol–water partition coefficient (Wildman–Crippen LogP) is 2.15. The molecule has 0 radical (unpaired) electrons. The molecule has 6 nitrogen and oxygen atoms in total. The first-order chi connectivity index (χ1) is 12.1. The zero-order valence-corrected chi connectivity index (χ0v) is 16.0. The van der Waals surface area contributed by atoms with Gasteiger partial charge in [0.2, 0.25) is 5.91 Å². The lowest BCUT2D eigenvalue weighted by Crippen LogP contribution is -2.35. The van der Waals surface area contributed by atoms with Crippen molar-refractivity contribution in [3.05, 3.63) is 17.0 Å². The summed E-state index contributed by atoms with van der Waals surface area (Å²) in [7, 11) is -3.40. The Kier molecular flexibility index (Phi) is 6.49. The third-order valence-electron chi connectivity index (χ3n) is 4.69. The number of piperidine rings is 1. The maximum atomic E-state index is 12.6. The van der Waals surface area contributed by atoms with E-state index in [9.17, 15) is 13.2 Å². The highest BCUT2D eigenvalue weighted by Crippen LogP contribution is 2.27. The fourth-order valence-corrected chi connectivity index (χ4v) is 6.32. The minimum Gasteiger partial charge on any atom is -0.378 e. The van der Waals surface area contributed by atoms with Crippen LogP contribution >= 0.6 is 11.3 Å². The van der Waals surface area contributed by atoms with Crippen LogP contribution in [-0.4, -0.2) is 51.0 Å². The monoisotopic (exact) mass is 386 g/mol. The zero-order chi connectivity index (χ0) is 17.7. The number of nitrogens with one attached hydrogen (secondary N) is 1. The van der Waals surface area contributed by atoms with Crippen molar-refractivity contribution in [1.29, 1.82) is 0 Å². The maximum Gasteiger partial charge on any atom is 0.252 e. The standard InChI is InChI=1S/C17H26N2O4S2/c20-16(18-9-8-14-5-4-12-23-14)13-15-6-7-17(24-15)25(21,22)19-10-2-1-3-11-19/h6-7,14H,1-5,8-13H2,(H,18,20). The van der Waals surface area contributed by atoms with Crippen molar-refractivity contribution in [2.75, 3.05) is 26.2 Å². The molecule has 0 bridgehead atoms. The van der Waals surface area contributed by atoms with Crippen LogP contribution in [0.1, 0.15) is 43.4 Å². The van der Waals surface area contributed by atoms with Gasteiger partial charge in [0.15, 0.2) is 0 Å². The van der Waals surface area contributed by atoms with E-state index in [1.54, 1.807) is 16.4 Å². The number of hydrogen-bond donors (Lipinski definition) is 1. The largest absolute Gasteiger partial charge is 0.378 e. The molecule has 2 saturated heterocycles. The van der Waals surface area contributed by atoms with Gasteiger partial charge in [0.05, 0.1) is 12.5 Å². The third-order valence-corrected chi connectivity index (χ3v) is 8.14. The number of carbonyl (C=O) groups is 1. The summed E-state index contributed by atoms with van der Waals surface area (Å²) >= 11 is 1.21. The third kappa shape index (κ3) is 5.03. The summed E-state index contributed by atoms with van der Waals surface area (Å²) in [5.74, 6) is -0.0678. The van der Waals surface area contributed by atoms with Gasteiger partial charge in [-0.15, -0.1) is 11.3 Å². The number of ether oxygens (including phenoxy) is 1. The number of carbonyl (C=O) groups excluding carboxylic acids is 1. The van der Waals surface area contributed by atoms with E-state index >= 15 is 0 Å². The van der Waals surface area contributed by atoms with Crippen molar-refractivity contribution >= 4 is 27.3 Å². The molecule has 0 saturated carbocycles. The minimum atomic E-state index is -3.40. The second-order valence-corrected chi connectivity index (χ2v) is 9.97. The van der Waals surface area contributed by atoms with Crippen LogP contribution in [0.2, 0.25) is 0 Å². The highest BCUT2D eigenvalue weighted by atomic mass is 32.2. The average molecular weight is 387 g/mol. The van der Waals surface area contributed by atoms with Crippen molar-refractivity contribution in [3.63, 3.8) is 0 Å². The molecule has 25 heavy (non-hydrogen) atoms. The van der Waals surface area contributed by atoms with Gasteiger partial charge in [-0.05, 0) is 44.2 Å². The smallest absolute Gasteiger partial charge is 0.252 e. The highest BCUT2D eigenvalue weighted by molar-refractivity contribution is 7.91. The normalized spacial score (nSPS) is 22.2. The van der Waals surface area contributed by atoms with E-state index in [1.165, 1.54) is 11.3 Å². The Morgan fingerprint density at radius 2 is 2.04 bits per heavy atom. The van der Waals surface area contributed by atoms with Gasteiger partial charge in [0.25, 0.3) is 10.0 Å². The van der Waals surface area contributed by atoms with E-state index in [4.69, 9.17) is 4.74 Å². The van der Waals surface area contributed by atoms with Gasteiger partial charge < -0.3 is 10.1 Å². The van der Waals surface area contributed by atoms with Gasteiger partial charge in [0, 0.05) is 31.1 Å². The molecule has 8 heteroatoms. The van der Waals surface area contributed by atoms with E-state index in [0.717, 1.165) is 50.0 Å². The molecular formula is C17H26N2O4S2. The Hall–Kier alpha value is -0.960. The van der Waals surface area contributed by atoms with E-state index in [0.29, 0.717) is 23.8 Å². The number of amides is 1. The Morgan fingerprint density at radius 1 is 1.24 bits per heavy atom. The molecular weight excluding hydrogens is 360 g/mol. The van der Waals surface area contributed by atoms with Gasteiger partial charge >= 0.3 is 0 Å². The predicted molar refractivity (Wildman–Crippen MR) is 97.2 cm³/mol. The second-order valence-electron chi connectivity index (χ2n) is 6.64. The maximum absolute atomic E-state index is 12.6. The van der Waals surface area contributed by atoms with E-state index in [-0.39, 0.29) is 18.4 Å². The van der Waals surface area contributed by atoms with Gasteiger partial charge in [-0.1, -0.05) is 6.42 Å². The van der Waals surface area contributed by atoms with Crippen molar-refractivity contribution in [2.45, 2.75) is 55.3 Å². The number of rotatable bonds is 7. The first-order valence-corrected chi connectivity index (χ1v) is 11.3. The summed E-state index contributed by atoms with van der Waals surface area (Å²) in [5.41, 5.74) is 0. The van der Waals surface area contributed by atoms with Crippen LogP contribution < -0.4 is 5.32 Å². The van der Waals surface area contributed by atoms with Crippen molar-refractivity contribution < 1.29 is 17.9 Å². The molecule has 1 atom stereocenters. The molecule has 1 aromatic rings. The first kappa shape index (κ1) is 18.8. The first-order valence-electron chi connectivity index (χ1n) is 9.03. The highest BCUT2D eigenvalue weighted by Gasteiger charge is 2.27. The molecule has 1 aromatic heterocycles. The molecule has 3 heterocycles. The van der Waals surface area contributed by atoms with Crippen molar-refractivity contribution in [1.82, 2.24) is 9.62 Å². The number of thiophene rings is 1. The number of hydrogen-bond acceptors (Lipinski definition) is 5. The van der Waals surface area contributed by atoms with Crippen molar-refractivity contribution in [2.24, 2.45) is 0 Å². The molecule has 0 spiro atoms. The Morgan fingerprint density at radius 3 is 2.76 bits per heavy atom. The van der Waals surface area contributed by atoms with Crippen LogP contribution in [0.15, 0.2) is 16.3 Å². The second kappa shape index (κ2) is 8.62. The summed E-state index contributed by atoms with van der Waals surface area (Å²) < 4.78 is 32.7. The molecule has 2 aliphatic heterocycles. The van der Waals surface area contributed by atoms with Gasteiger partial charge in [-0.25, -0.2) is 8.42 Å². The summed E-state index contributed by atoms with van der Waals surface area (Å²) in [6, 6.07) is 3.38. The Bertz CT molecular complexity index is 675. The average Bonchev–Trinajstić information content (AvgIpc) is 3.28. The number of sulfonamides is 1. The fraction of sp³-hybridized carbons (Fsp3) is 0.706. The molecule has 0 aliphatic carbocycles. The summed E-state index contributed by atoms with van der Waals surface area (Å²) in [6.07, 6.45) is 6.43. The SMILES string of the molecule is O=C(Cc1ccc(S(=O)(=O)N2CCCCC2)s1)NCCC1CCCO1. The molecule has 1 N–H and O–H groups in total. The van der Waals surface area contributed by atoms with E-state index in [1.807, 2.05) is 0 Å². The Balaban J connectivity index is 1.49. The Labute approximate surface area is 153 Å². The van der Waals surface area contributed by atoms with Crippen LogP contribution in [0, 0.1) is 0 Å². The van der Waals surface area contributed by atoms with E-state index in [2.05, 4.69) is 5.32 Å². The quantitative estimate of drug-likeness (QED) is 0.779. The summed E-state index contributed by atoms with van der Waals surface area (Å²) in [4.78, 5) is 12.8. The minimum absolute atomic E-state index is 0.0678. The van der Waals surface area contributed by atoms with Crippen LogP contribution in [0.3, 0.4) is 0 Å². The molecule has 2 aliphatic rings. The molecule has 1 amide bonds. The van der Waals surface area contributed by atoms with Crippen LogP contribution in [0.4, 0.5) is 0 Å². The van der Waals surface area contributed by atoms with E-state index < -0.39 is 10.0 Å². The fourth-order valence-electron chi connectivity index (χ4n) is 3.29. The summed E-state index contributed by atoms with van der Waals surface area (Å²) in [5, 5.41) is 2.90. The lowest BCUT2D eigenvalue weighted by Gasteiger charge is -2.25. The summed E-state index contributed by atoms with van der Waals surface area (Å²) in [6.45, 7) is 2.62. The zero-order valence-electron chi connectivity index (χ0n) is 14.4. The van der Waals surface area contributed by atoms with Gasteiger partial charge in [-0.3, -0.25) is 4.79 Å². The van der Waals surface area contributed by atoms with Crippen molar-refractivity contribution in [3.8, 4) is 0 Å². The lowest BCUT2D eigenvalue weighted by molar-refractivity contribution is -0.120. The number of nitrogens with zero attached hydrogens (tertiary/aromatic N) is 1. The van der Waals surface area contributed by atoms with Crippen LogP contribution in [0.25, 0.3) is 0 Å². The molecule has 140 valence electrons. The van der Waals surface area contributed by atoms with Crippen LogP contribution in [0.5, 0.6) is 0 Å². The molecule has 0 aromatic carbocycles.